The lowest BCUT2D eigenvalue weighted by atomic mass is 10.0. The van der Waals surface area contributed by atoms with Crippen molar-refractivity contribution in [3.05, 3.63) is 0 Å². The van der Waals surface area contributed by atoms with Crippen molar-refractivity contribution in [2.45, 2.75) is 32.6 Å². The van der Waals surface area contributed by atoms with Crippen LogP contribution in [0.15, 0.2) is 0 Å². The summed E-state index contributed by atoms with van der Waals surface area (Å²) in [5.74, 6) is -3.95. The first-order chi connectivity index (χ1) is 7.46. The molecular formula is C10H14F2O4. The molecule has 0 aromatic heterocycles. The summed E-state index contributed by atoms with van der Waals surface area (Å²) in [7, 11) is 0. The smallest absolute Gasteiger partial charge is 0.324 e. The molecule has 0 radical (unpaired) electrons. The Bertz CT molecular complexity index is 293. The van der Waals surface area contributed by atoms with E-state index in [9.17, 15) is 18.4 Å². The normalized spacial score (nSPS) is 27.9. The van der Waals surface area contributed by atoms with Crippen LogP contribution in [-0.2, 0) is 14.3 Å². The molecule has 0 heterocycles. The van der Waals surface area contributed by atoms with Gasteiger partial charge in [-0.15, -0.1) is 0 Å². The van der Waals surface area contributed by atoms with Gasteiger partial charge >= 0.3 is 11.9 Å². The van der Waals surface area contributed by atoms with Crippen LogP contribution in [-0.4, -0.2) is 30.1 Å². The van der Waals surface area contributed by atoms with Gasteiger partial charge in [-0.05, 0) is 12.8 Å². The predicted octanol–water partition coefficient (Wildman–Crippen LogP) is 1.69. The van der Waals surface area contributed by atoms with Crippen LogP contribution in [0.4, 0.5) is 8.78 Å². The topological polar surface area (TPSA) is 63.6 Å². The van der Waals surface area contributed by atoms with Crippen LogP contribution in [0.5, 0.6) is 0 Å². The number of carboxylic acid groups (broad SMARTS) is 1. The maximum atomic E-state index is 12.4. The fourth-order valence-electron chi connectivity index (χ4n) is 1.60. The van der Waals surface area contributed by atoms with Crippen LogP contribution >= 0.6 is 0 Å². The summed E-state index contributed by atoms with van der Waals surface area (Å²) in [6.07, 6.45) is -1.74. The minimum atomic E-state index is -2.80. The molecule has 4 nitrogen and oxygen atoms in total. The molecule has 1 aliphatic rings. The van der Waals surface area contributed by atoms with Gasteiger partial charge in [-0.25, -0.2) is 8.78 Å². The number of esters is 1. The van der Waals surface area contributed by atoms with E-state index in [1.165, 1.54) is 0 Å². The van der Waals surface area contributed by atoms with Crippen LogP contribution in [0.1, 0.15) is 26.2 Å². The van der Waals surface area contributed by atoms with Crippen LogP contribution < -0.4 is 0 Å². The molecule has 0 aromatic rings. The highest BCUT2D eigenvalue weighted by Crippen LogP contribution is 2.56. The Morgan fingerprint density at radius 1 is 1.56 bits per heavy atom. The third kappa shape index (κ3) is 2.15. The quantitative estimate of drug-likeness (QED) is 0.433. The molecule has 1 N–H and O–H groups in total. The van der Waals surface area contributed by atoms with Crippen LogP contribution in [0.2, 0.25) is 0 Å². The number of rotatable bonds is 6. The Hall–Kier alpha value is -1.20. The summed E-state index contributed by atoms with van der Waals surface area (Å²) in [6.45, 7) is 1.96. The minimum absolute atomic E-state index is 0.0837. The lowest BCUT2D eigenvalue weighted by Gasteiger charge is -2.11. The number of alkyl halides is 2. The molecule has 0 aliphatic heterocycles. The highest BCUT2D eigenvalue weighted by molar-refractivity contribution is 6.03. The Balaban J connectivity index is 2.60. The first-order valence-corrected chi connectivity index (χ1v) is 5.15. The van der Waals surface area contributed by atoms with Crippen molar-refractivity contribution in [2.75, 3.05) is 6.61 Å². The molecule has 1 fully saturated rings. The van der Waals surface area contributed by atoms with Crippen molar-refractivity contribution in [1.29, 1.82) is 0 Å². The lowest BCUT2D eigenvalue weighted by molar-refractivity contribution is -0.163. The number of halogens is 2. The second-order valence-electron chi connectivity index (χ2n) is 3.91. The molecule has 6 heteroatoms. The molecule has 0 aromatic carbocycles. The zero-order valence-corrected chi connectivity index (χ0v) is 8.91. The summed E-state index contributed by atoms with van der Waals surface area (Å²) in [4.78, 5) is 22.3. The number of hydrogen-bond acceptors (Lipinski definition) is 3. The van der Waals surface area contributed by atoms with Crippen LogP contribution in [0.25, 0.3) is 0 Å². The molecule has 0 amide bonds. The maximum absolute atomic E-state index is 12.4. The van der Waals surface area contributed by atoms with Crippen molar-refractivity contribution in [3.8, 4) is 0 Å². The molecule has 0 bridgehead atoms. The molecule has 1 rings (SSSR count). The van der Waals surface area contributed by atoms with Gasteiger partial charge in [-0.2, -0.15) is 0 Å². The Morgan fingerprint density at radius 2 is 2.19 bits per heavy atom. The van der Waals surface area contributed by atoms with Crippen molar-refractivity contribution in [3.63, 3.8) is 0 Å². The first-order valence-electron chi connectivity index (χ1n) is 5.15. The number of unbranched alkanes of at least 4 members (excludes halogenated alkanes) is 1. The third-order valence-corrected chi connectivity index (χ3v) is 2.80. The van der Waals surface area contributed by atoms with E-state index in [1.54, 1.807) is 0 Å². The number of carbonyl (C=O) groups is 2. The molecule has 1 aliphatic carbocycles. The van der Waals surface area contributed by atoms with Gasteiger partial charge in [0.15, 0.2) is 5.41 Å². The van der Waals surface area contributed by atoms with Gasteiger partial charge in [0.2, 0.25) is 6.43 Å². The number of carbonyl (C=O) groups excluding carboxylic acids is 1. The average Bonchev–Trinajstić information content (AvgIpc) is 2.94. The van der Waals surface area contributed by atoms with Crippen molar-refractivity contribution in [2.24, 2.45) is 11.3 Å². The van der Waals surface area contributed by atoms with Crippen molar-refractivity contribution < 1.29 is 28.2 Å². The second-order valence-corrected chi connectivity index (χ2v) is 3.91. The Kier molecular flexibility index (Phi) is 3.83. The van der Waals surface area contributed by atoms with E-state index in [2.05, 4.69) is 0 Å². The maximum Gasteiger partial charge on any atom is 0.324 e. The fourth-order valence-corrected chi connectivity index (χ4v) is 1.60. The lowest BCUT2D eigenvalue weighted by Crippen LogP contribution is -2.31. The summed E-state index contributed by atoms with van der Waals surface area (Å²) in [5, 5.41) is 8.82. The molecule has 16 heavy (non-hydrogen) atoms. The van der Waals surface area contributed by atoms with Crippen molar-refractivity contribution in [1.82, 2.24) is 0 Å². The number of ether oxygens (including phenoxy) is 1. The molecule has 92 valence electrons. The third-order valence-electron chi connectivity index (χ3n) is 2.80. The molecule has 0 unspecified atom stereocenters. The van der Waals surface area contributed by atoms with Gasteiger partial charge in [0, 0.05) is 5.92 Å². The minimum Gasteiger partial charge on any atom is -0.480 e. The fraction of sp³-hybridized carbons (Fsp3) is 0.800. The predicted molar refractivity (Wildman–Crippen MR) is 50.0 cm³/mol. The van der Waals surface area contributed by atoms with Crippen molar-refractivity contribution >= 4 is 11.9 Å². The number of carboxylic acids is 1. The molecule has 1 saturated carbocycles. The van der Waals surface area contributed by atoms with Crippen LogP contribution in [0.3, 0.4) is 0 Å². The molecule has 2 atom stereocenters. The zero-order valence-electron chi connectivity index (χ0n) is 8.91. The largest absolute Gasteiger partial charge is 0.480 e. The van der Waals surface area contributed by atoms with E-state index in [0.717, 1.165) is 6.42 Å². The van der Waals surface area contributed by atoms with Gasteiger partial charge in [0.05, 0.1) is 6.61 Å². The first kappa shape index (κ1) is 12.9. The standard InChI is InChI=1S/C10H14F2O4/c1-2-3-4-16-9(15)10(8(13)14)5-6(10)7(11)12/h6-7H,2-5H2,1H3,(H,13,14)/t6-,10-/m0/s1. The highest BCUT2D eigenvalue weighted by atomic mass is 19.3. The number of aliphatic carboxylic acids is 1. The monoisotopic (exact) mass is 236 g/mol. The summed E-state index contributed by atoms with van der Waals surface area (Å²) in [5.41, 5.74) is -2.00. The van der Waals surface area contributed by atoms with Gasteiger partial charge < -0.3 is 9.84 Å². The van der Waals surface area contributed by atoms with E-state index in [4.69, 9.17) is 9.84 Å². The van der Waals surface area contributed by atoms with E-state index in [0.29, 0.717) is 6.42 Å². The molecule has 0 spiro atoms. The Morgan fingerprint density at radius 3 is 2.56 bits per heavy atom. The molecular weight excluding hydrogens is 222 g/mol. The van der Waals surface area contributed by atoms with Gasteiger partial charge in [-0.1, -0.05) is 13.3 Å². The van der Waals surface area contributed by atoms with Gasteiger partial charge in [0.1, 0.15) is 0 Å². The Labute approximate surface area is 91.6 Å². The molecule has 0 saturated heterocycles. The summed E-state index contributed by atoms with van der Waals surface area (Å²) < 4.78 is 29.4. The number of hydrogen-bond donors (Lipinski definition) is 1. The average molecular weight is 236 g/mol. The van der Waals surface area contributed by atoms with E-state index < -0.39 is 29.7 Å². The summed E-state index contributed by atoms with van der Waals surface area (Å²) >= 11 is 0. The van der Waals surface area contributed by atoms with Gasteiger partial charge in [0.25, 0.3) is 0 Å². The zero-order chi connectivity index (χ0) is 12.3. The summed E-state index contributed by atoms with van der Waals surface area (Å²) in [6, 6.07) is 0. The van der Waals surface area contributed by atoms with E-state index in [1.807, 2.05) is 6.92 Å². The van der Waals surface area contributed by atoms with Gasteiger partial charge in [-0.3, -0.25) is 9.59 Å². The SMILES string of the molecule is CCCCOC(=O)[C@@]1(C(=O)O)C[C@H]1C(F)F. The highest BCUT2D eigenvalue weighted by Gasteiger charge is 2.71. The van der Waals surface area contributed by atoms with E-state index in [-0.39, 0.29) is 13.0 Å². The van der Waals surface area contributed by atoms with Crippen LogP contribution in [0, 0.1) is 11.3 Å². The second kappa shape index (κ2) is 4.76. The van der Waals surface area contributed by atoms with E-state index >= 15 is 0 Å².